The van der Waals surface area contributed by atoms with Crippen LogP contribution in [0.3, 0.4) is 0 Å². The van der Waals surface area contributed by atoms with Crippen LogP contribution in [-0.4, -0.2) is 52.9 Å². The van der Waals surface area contributed by atoms with Crippen LogP contribution in [0, 0.1) is 0 Å². The summed E-state index contributed by atoms with van der Waals surface area (Å²) in [7, 11) is 8.94. The Morgan fingerprint density at radius 2 is 1.08 bits per heavy atom. The SMILES string of the molecule is C=CC[S][Sb]([S]CC=C)([S]C1CCS1)([S]C1CCS1)[S]C1CCS1. The van der Waals surface area contributed by atoms with Crippen LogP contribution in [-0.2, 0) is 0 Å². The van der Waals surface area contributed by atoms with Gasteiger partial charge in [0.2, 0.25) is 0 Å². The first-order valence-corrected chi connectivity index (χ1v) is 31.3. The van der Waals surface area contributed by atoms with Gasteiger partial charge in [-0.1, -0.05) is 0 Å². The molecule has 3 saturated heterocycles. The molecule has 3 aliphatic heterocycles. The molecule has 9 heteroatoms. The quantitative estimate of drug-likeness (QED) is 0.171. The number of rotatable bonds is 12. The predicted octanol–water partition coefficient (Wildman–Crippen LogP) is 7.30. The van der Waals surface area contributed by atoms with Crippen LogP contribution >= 0.6 is 79.5 Å². The first kappa shape index (κ1) is 21.8. The fourth-order valence-electron chi connectivity index (χ4n) is 2.11. The third-order valence-corrected chi connectivity index (χ3v) is 79.8. The van der Waals surface area contributed by atoms with Crippen LogP contribution in [0.2, 0.25) is 0 Å². The monoisotopic (exact) mass is 582 g/mol. The van der Waals surface area contributed by atoms with Crippen LogP contribution in [0.4, 0.5) is 0 Å². The van der Waals surface area contributed by atoms with Crippen molar-refractivity contribution in [2.75, 3.05) is 28.8 Å². The molecule has 0 saturated carbocycles. The maximum atomic E-state index is 4.05. The van der Waals surface area contributed by atoms with Gasteiger partial charge in [0, 0.05) is 0 Å². The molecular weight excluding hydrogens is 558 g/mol. The fraction of sp³-hybridized carbons (Fsp3) is 0.733. The molecule has 3 aliphatic rings. The van der Waals surface area contributed by atoms with E-state index in [0.717, 1.165) is 25.3 Å². The maximum absolute atomic E-state index is 4.05. The molecule has 0 amide bonds. The van der Waals surface area contributed by atoms with E-state index < -0.39 is 10.4 Å². The molecule has 24 heavy (non-hydrogen) atoms. The second-order valence-corrected chi connectivity index (χ2v) is 67.9. The molecule has 138 valence electrons. The summed E-state index contributed by atoms with van der Waals surface area (Å²) in [6.45, 7) is 8.11. The number of hydrogen-bond acceptors (Lipinski definition) is 8. The third kappa shape index (κ3) is 5.58. The van der Waals surface area contributed by atoms with Crippen molar-refractivity contribution in [3.05, 3.63) is 25.3 Å². The van der Waals surface area contributed by atoms with Crippen molar-refractivity contribution < 1.29 is 0 Å². The first-order valence-electron chi connectivity index (χ1n) is 8.13. The second-order valence-electron chi connectivity index (χ2n) is 5.50. The van der Waals surface area contributed by atoms with E-state index in [-0.39, 0.29) is 0 Å². The molecule has 3 fully saturated rings. The van der Waals surface area contributed by atoms with Gasteiger partial charge in [-0.05, 0) is 0 Å². The standard InChI is InChI=1S/3C3H6S2.2C3H6S.Sb/c3*4-3-1-2-5-3;2*1-2-3-4;/h3*3-4H,1-2H2;2*2,4H,1,3H2;/q;;;;;+5/p-5. The van der Waals surface area contributed by atoms with Crippen LogP contribution in [0.1, 0.15) is 19.3 Å². The van der Waals surface area contributed by atoms with E-state index >= 15 is 0 Å². The van der Waals surface area contributed by atoms with Gasteiger partial charge in [-0.25, -0.2) is 0 Å². The molecule has 3 unspecified atom stereocenters. The van der Waals surface area contributed by atoms with E-state index in [1.165, 1.54) is 36.5 Å². The predicted molar refractivity (Wildman–Crippen MR) is 136 cm³/mol. The first-order chi connectivity index (χ1) is 11.7. The Morgan fingerprint density at radius 3 is 1.29 bits per heavy atom. The third-order valence-electron chi connectivity index (χ3n) is 3.65. The molecule has 3 atom stereocenters. The van der Waals surface area contributed by atoms with Crippen LogP contribution in [0.15, 0.2) is 25.3 Å². The van der Waals surface area contributed by atoms with Crippen molar-refractivity contribution in [1.82, 2.24) is 0 Å². The van der Waals surface area contributed by atoms with Gasteiger partial charge in [-0.15, -0.1) is 0 Å². The van der Waals surface area contributed by atoms with E-state index in [0.29, 0.717) is 0 Å². The van der Waals surface area contributed by atoms with E-state index in [9.17, 15) is 0 Å². The Hall–Kier alpha value is 3.10. The summed E-state index contributed by atoms with van der Waals surface area (Å²) in [6, 6.07) is 0. The summed E-state index contributed by atoms with van der Waals surface area (Å²) in [6.07, 6.45) is 8.52. The average molecular weight is 584 g/mol. The molecule has 0 aromatic carbocycles. The minimum absolute atomic E-state index is 0.844. The summed E-state index contributed by atoms with van der Waals surface area (Å²) < 4.78 is 2.53. The van der Waals surface area contributed by atoms with Crippen LogP contribution in [0.25, 0.3) is 0 Å². The summed E-state index contributed by atoms with van der Waals surface area (Å²) in [5.41, 5.74) is 0. The van der Waals surface area contributed by atoms with Gasteiger partial charge in [0.05, 0.1) is 0 Å². The van der Waals surface area contributed by atoms with E-state index in [1.807, 2.05) is 0 Å². The Morgan fingerprint density at radius 1 is 0.750 bits per heavy atom. The van der Waals surface area contributed by atoms with Gasteiger partial charge in [0.1, 0.15) is 0 Å². The summed E-state index contributed by atoms with van der Waals surface area (Å²) in [5.74, 6) is 6.33. The van der Waals surface area contributed by atoms with E-state index in [1.54, 1.807) is 0 Å². The Bertz CT molecular complexity index is 387. The van der Waals surface area contributed by atoms with Gasteiger partial charge in [-0.3, -0.25) is 0 Å². The van der Waals surface area contributed by atoms with Crippen molar-refractivity contribution in [2.45, 2.75) is 33.0 Å². The van der Waals surface area contributed by atoms with E-state index in [2.05, 4.69) is 105 Å². The molecule has 0 aromatic heterocycles. The number of thioether (sulfide) groups is 3. The Balaban J connectivity index is 1.87. The molecule has 0 radical (unpaired) electrons. The van der Waals surface area contributed by atoms with Crippen molar-refractivity contribution in [2.24, 2.45) is 0 Å². The van der Waals surface area contributed by atoms with Crippen molar-refractivity contribution >= 4 is 89.9 Å². The summed E-state index contributed by atoms with van der Waals surface area (Å²) in [5, 5.41) is 0. The van der Waals surface area contributed by atoms with Gasteiger partial charge >= 0.3 is 177 Å². The number of hydrogen-bond donors (Lipinski definition) is 0. The van der Waals surface area contributed by atoms with Crippen molar-refractivity contribution in [3.8, 4) is 0 Å². The zero-order valence-electron chi connectivity index (χ0n) is 13.7. The molecule has 0 N–H and O–H groups in total. The van der Waals surface area contributed by atoms with Gasteiger partial charge in [0.15, 0.2) is 0 Å². The topological polar surface area (TPSA) is 0 Å². The summed E-state index contributed by atoms with van der Waals surface area (Å²) in [4.78, 5) is 0. The van der Waals surface area contributed by atoms with Crippen molar-refractivity contribution in [1.29, 1.82) is 0 Å². The molecule has 0 bridgehead atoms. The zero-order chi connectivity index (χ0) is 16.9. The molecule has 0 aliphatic carbocycles. The summed E-state index contributed by atoms with van der Waals surface area (Å²) >= 11 is 6.59. The van der Waals surface area contributed by atoms with Crippen LogP contribution in [0.5, 0.6) is 0 Å². The second kappa shape index (κ2) is 10.2. The van der Waals surface area contributed by atoms with Gasteiger partial charge < -0.3 is 0 Å². The average Bonchev–Trinajstić information content (AvgIpc) is 2.48. The Kier molecular flexibility index (Phi) is 9.29. The molecule has 3 rings (SSSR count). The van der Waals surface area contributed by atoms with Crippen molar-refractivity contribution in [3.63, 3.8) is 0 Å². The zero-order valence-corrected chi connectivity index (χ0v) is 22.8. The molecule has 0 nitrogen and oxygen atoms in total. The normalized spacial score (nSPS) is 31.0. The molecule has 0 spiro atoms. The molecule has 0 aromatic rings. The molecular formula is C15H25S8Sb. The fourth-order valence-corrected chi connectivity index (χ4v) is 107. The minimum atomic E-state index is -3.10. The van der Waals surface area contributed by atoms with Crippen LogP contribution < -0.4 is 0 Å². The van der Waals surface area contributed by atoms with E-state index in [4.69, 9.17) is 0 Å². The van der Waals surface area contributed by atoms with Gasteiger partial charge in [-0.2, -0.15) is 0 Å². The van der Waals surface area contributed by atoms with Gasteiger partial charge in [0.25, 0.3) is 0 Å². The Labute approximate surface area is 174 Å². The molecule has 3 heterocycles.